The lowest BCUT2D eigenvalue weighted by Gasteiger charge is -2.19. The lowest BCUT2D eigenvalue weighted by Crippen LogP contribution is -2.22. The molecule has 1 heterocycles. The van der Waals surface area contributed by atoms with Crippen molar-refractivity contribution in [2.75, 3.05) is 18.0 Å². The van der Waals surface area contributed by atoms with Crippen molar-refractivity contribution in [1.29, 1.82) is 0 Å². The Balaban J connectivity index is 2.06. The quantitative estimate of drug-likeness (QED) is 0.776. The zero-order chi connectivity index (χ0) is 11.8. The van der Waals surface area contributed by atoms with Crippen LogP contribution in [0.3, 0.4) is 0 Å². The molecule has 3 rings (SSSR count). The molecule has 2 aromatic rings. The van der Waals surface area contributed by atoms with Crippen LogP contribution in [-0.4, -0.2) is 35.5 Å². The number of fused-ring (bicyclic) bond motifs is 1. The molecule has 17 heavy (non-hydrogen) atoms. The third-order valence-corrected chi connectivity index (χ3v) is 3.37. The summed E-state index contributed by atoms with van der Waals surface area (Å²) in [4.78, 5) is 2.04. The maximum Gasteiger partial charge on any atom is 0.0990 e. The zero-order valence-corrected chi connectivity index (χ0v) is 9.45. The van der Waals surface area contributed by atoms with Gasteiger partial charge in [0, 0.05) is 24.2 Å². The Morgan fingerprint density at radius 1 is 0.882 bits per heavy atom. The molecule has 1 saturated heterocycles. The van der Waals surface area contributed by atoms with Crippen molar-refractivity contribution < 1.29 is 10.2 Å². The number of rotatable bonds is 1. The summed E-state index contributed by atoms with van der Waals surface area (Å²) < 4.78 is 0. The first-order valence-corrected chi connectivity index (χ1v) is 5.84. The topological polar surface area (TPSA) is 43.7 Å². The molecule has 0 unspecified atom stereocenters. The van der Waals surface area contributed by atoms with Crippen LogP contribution in [0.5, 0.6) is 0 Å². The van der Waals surface area contributed by atoms with Crippen LogP contribution >= 0.6 is 0 Å². The van der Waals surface area contributed by atoms with Gasteiger partial charge in [-0.05, 0) is 11.5 Å². The lowest BCUT2D eigenvalue weighted by atomic mass is 10.1. The molecular weight excluding hydrogens is 214 g/mol. The number of hydrogen-bond acceptors (Lipinski definition) is 3. The van der Waals surface area contributed by atoms with Crippen LogP contribution in [0.15, 0.2) is 42.5 Å². The molecule has 3 nitrogen and oxygen atoms in total. The number of nitrogens with zero attached hydrogens (tertiary/aromatic N) is 1. The summed E-state index contributed by atoms with van der Waals surface area (Å²) in [5.41, 5.74) is 1.08. The monoisotopic (exact) mass is 229 g/mol. The average Bonchev–Trinajstić information content (AvgIpc) is 2.69. The highest BCUT2D eigenvalue weighted by atomic mass is 16.3. The summed E-state index contributed by atoms with van der Waals surface area (Å²) in [5, 5.41) is 21.6. The summed E-state index contributed by atoms with van der Waals surface area (Å²) in [6.07, 6.45) is -1.29. The predicted octanol–water partition coefficient (Wildman–Crippen LogP) is 1.38. The molecule has 0 bridgehead atoms. The van der Waals surface area contributed by atoms with Crippen molar-refractivity contribution in [3.8, 4) is 0 Å². The minimum Gasteiger partial charge on any atom is -0.389 e. The Bertz CT molecular complexity index is 525. The van der Waals surface area contributed by atoms with Crippen LogP contribution < -0.4 is 4.90 Å². The highest BCUT2D eigenvalue weighted by Crippen LogP contribution is 2.29. The highest BCUT2D eigenvalue weighted by Gasteiger charge is 2.30. The SMILES string of the molecule is O[C@H]1CN(c2cccc3ccccc23)C[C@@H]1O. The van der Waals surface area contributed by atoms with Crippen molar-refractivity contribution in [3.05, 3.63) is 42.5 Å². The summed E-state index contributed by atoms with van der Waals surface area (Å²) in [5.74, 6) is 0. The van der Waals surface area contributed by atoms with Gasteiger partial charge in [-0.25, -0.2) is 0 Å². The van der Waals surface area contributed by atoms with E-state index in [1.807, 2.05) is 29.2 Å². The minimum atomic E-state index is -0.644. The van der Waals surface area contributed by atoms with Gasteiger partial charge in [-0.15, -0.1) is 0 Å². The van der Waals surface area contributed by atoms with Gasteiger partial charge >= 0.3 is 0 Å². The molecule has 2 aromatic carbocycles. The van der Waals surface area contributed by atoms with Gasteiger partial charge in [-0.2, -0.15) is 0 Å². The normalized spacial score (nSPS) is 24.5. The van der Waals surface area contributed by atoms with Gasteiger partial charge in [0.1, 0.15) is 0 Å². The largest absolute Gasteiger partial charge is 0.389 e. The number of β-amino-alcohol motifs (C(OH)–C–C–N with tert-alkyl or cyclic N) is 2. The van der Waals surface area contributed by atoms with Crippen LogP contribution in [0.2, 0.25) is 0 Å². The molecule has 2 N–H and O–H groups in total. The fraction of sp³-hybridized carbons (Fsp3) is 0.286. The number of aliphatic hydroxyl groups is 2. The Labute approximate surface area is 99.9 Å². The first-order valence-electron chi connectivity index (χ1n) is 5.84. The molecule has 0 aromatic heterocycles. The second-order valence-corrected chi connectivity index (χ2v) is 4.54. The first-order chi connectivity index (χ1) is 8.25. The van der Waals surface area contributed by atoms with E-state index in [9.17, 15) is 10.2 Å². The van der Waals surface area contributed by atoms with Crippen LogP contribution in [0.25, 0.3) is 10.8 Å². The Morgan fingerprint density at radius 3 is 2.29 bits per heavy atom. The van der Waals surface area contributed by atoms with Gasteiger partial charge in [0.2, 0.25) is 0 Å². The third-order valence-electron chi connectivity index (χ3n) is 3.37. The fourth-order valence-corrected chi connectivity index (χ4v) is 2.45. The summed E-state index contributed by atoms with van der Waals surface area (Å²) >= 11 is 0. The molecule has 0 radical (unpaired) electrons. The van der Waals surface area contributed by atoms with E-state index in [-0.39, 0.29) is 0 Å². The molecule has 2 atom stereocenters. The van der Waals surface area contributed by atoms with Gasteiger partial charge in [-0.3, -0.25) is 0 Å². The molecule has 1 aliphatic rings. The van der Waals surface area contributed by atoms with E-state index in [1.54, 1.807) is 0 Å². The van der Waals surface area contributed by atoms with Crippen LogP contribution in [-0.2, 0) is 0 Å². The van der Waals surface area contributed by atoms with E-state index < -0.39 is 12.2 Å². The highest BCUT2D eigenvalue weighted by molar-refractivity contribution is 5.94. The summed E-state index contributed by atoms with van der Waals surface area (Å²) in [7, 11) is 0. The van der Waals surface area contributed by atoms with Gasteiger partial charge in [0.25, 0.3) is 0 Å². The summed E-state index contributed by atoms with van der Waals surface area (Å²) in [6.45, 7) is 0.990. The Morgan fingerprint density at radius 2 is 1.53 bits per heavy atom. The van der Waals surface area contributed by atoms with Gasteiger partial charge in [0.05, 0.1) is 12.2 Å². The maximum atomic E-state index is 9.61. The molecule has 0 aliphatic carbocycles. The molecule has 88 valence electrons. The molecule has 3 heteroatoms. The van der Waals surface area contributed by atoms with Crippen LogP contribution in [0, 0.1) is 0 Å². The first kappa shape index (κ1) is 10.6. The lowest BCUT2D eigenvalue weighted by molar-refractivity contribution is 0.0572. The molecule has 1 fully saturated rings. The van der Waals surface area contributed by atoms with Gasteiger partial charge in [0.15, 0.2) is 0 Å². The zero-order valence-electron chi connectivity index (χ0n) is 9.45. The van der Waals surface area contributed by atoms with Crippen molar-refractivity contribution in [3.63, 3.8) is 0 Å². The molecule has 1 aliphatic heterocycles. The summed E-state index contributed by atoms with van der Waals surface area (Å²) in [6, 6.07) is 14.3. The number of benzene rings is 2. The van der Waals surface area contributed by atoms with Gasteiger partial charge < -0.3 is 15.1 Å². The standard InChI is InChI=1S/C14H15NO2/c16-13-8-15(9-14(13)17)12-7-3-5-10-4-1-2-6-11(10)12/h1-7,13-14,16-17H,8-9H2/t13-,14-/m0/s1. The molecule has 0 saturated carbocycles. The van der Waals surface area contributed by atoms with Gasteiger partial charge in [-0.1, -0.05) is 36.4 Å². The van der Waals surface area contributed by atoms with E-state index >= 15 is 0 Å². The Kier molecular flexibility index (Phi) is 2.50. The van der Waals surface area contributed by atoms with E-state index in [0.717, 1.165) is 11.1 Å². The number of anilines is 1. The third kappa shape index (κ3) is 1.77. The fourth-order valence-electron chi connectivity index (χ4n) is 2.45. The van der Waals surface area contributed by atoms with Crippen LogP contribution in [0.1, 0.15) is 0 Å². The maximum absolute atomic E-state index is 9.61. The number of hydrogen-bond donors (Lipinski definition) is 2. The van der Waals surface area contributed by atoms with E-state index in [0.29, 0.717) is 13.1 Å². The molecule has 0 spiro atoms. The van der Waals surface area contributed by atoms with E-state index in [2.05, 4.69) is 18.2 Å². The van der Waals surface area contributed by atoms with E-state index in [1.165, 1.54) is 5.39 Å². The number of aliphatic hydroxyl groups excluding tert-OH is 2. The second kappa shape index (κ2) is 4.02. The van der Waals surface area contributed by atoms with Crippen molar-refractivity contribution >= 4 is 16.5 Å². The molecular formula is C14H15NO2. The van der Waals surface area contributed by atoms with Crippen molar-refractivity contribution in [2.45, 2.75) is 12.2 Å². The van der Waals surface area contributed by atoms with Crippen molar-refractivity contribution in [1.82, 2.24) is 0 Å². The second-order valence-electron chi connectivity index (χ2n) is 4.54. The minimum absolute atomic E-state index is 0.495. The van der Waals surface area contributed by atoms with Crippen molar-refractivity contribution in [2.24, 2.45) is 0 Å². The van der Waals surface area contributed by atoms with E-state index in [4.69, 9.17) is 0 Å². The Hall–Kier alpha value is -1.58. The average molecular weight is 229 g/mol. The van der Waals surface area contributed by atoms with Crippen LogP contribution in [0.4, 0.5) is 5.69 Å². The predicted molar refractivity (Wildman–Crippen MR) is 68.2 cm³/mol. The smallest absolute Gasteiger partial charge is 0.0990 e. The molecule has 0 amide bonds.